The molecule has 0 bridgehead atoms. The quantitative estimate of drug-likeness (QED) is 0.158. The van der Waals surface area contributed by atoms with E-state index < -0.39 is 0 Å². The van der Waals surface area contributed by atoms with Crippen molar-refractivity contribution in [3.63, 3.8) is 0 Å². The zero-order valence-electron chi connectivity index (χ0n) is 25.5. The maximum absolute atomic E-state index is 12.9. The molecule has 0 heterocycles. The molecule has 7 nitrogen and oxygen atoms in total. The zero-order valence-corrected chi connectivity index (χ0v) is 25.5. The predicted octanol–water partition coefficient (Wildman–Crippen LogP) is 6.04. The van der Waals surface area contributed by atoms with Gasteiger partial charge in [-0.05, 0) is 68.7 Å². The van der Waals surface area contributed by atoms with Crippen molar-refractivity contribution in [1.29, 1.82) is 0 Å². The second-order valence-electron chi connectivity index (χ2n) is 11.3. The number of fused-ring (bicyclic) bond motifs is 3. The molecule has 0 fully saturated rings. The molecule has 6 aromatic rings. The molecule has 0 saturated carbocycles. The molecule has 0 atom stereocenters. The smallest absolute Gasteiger partial charge is 0.251 e. The standard InChI is InChI=1S/C39H36N4O3/c44-37(34-16-13-28-7-1-4-10-31(28)25-34)40-19-22-43(23-20-41-38(45)35-17-14-29-8-2-5-11-32(29)26-35)24-21-42-39(46)36-18-15-30-9-3-6-12-33(30)27-36/h1-18,25-27H,19-24H2,(H,40,44)(H,41,45)(H,42,46). The Morgan fingerprint density at radius 1 is 0.391 bits per heavy atom. The molecule has 6 aromatic carbocycles. The maximum atomic E-state index is 12.9. The number of rotatable bonds is 12. The molecular weight excluding hydrogens is 572 g/mol. The van der Waals surface area contributed by atoms with Gasteiger partial charge in [0.25, 0.3) is 17.7 Å². The van der Waals surface area contributed by atoms with E-state index in [2.05, 4.69) is 20.9 Å². The highest BCUT2D eigenvalue weighted by Crippen LogP contribution is 2.17. The molecule has 7 heteroatoms. The van der Waals surface area contributed by atoms with Crippen LogP contribution >= 0.6 is 0 Å². The number of carbonyl (C=O) groups excluding carboxylic acids is 3. The number of nitrogens with zero attached hydrogens (tertiary/aromatic N) is 1. The van der Waals surface area contributed by atoms with Crippen molar-refractivity contribution in [1.82, 2.24) is 20.9 Å². The van der Waals surface area contributed by atoms with Gasteiger partial charge in [-0.15, -0.1) is 0 Å². The molecule has 0 unspecified atom stereocenters. The lowest BCUT2D eigenvalue weighted by molar-refractivity contribution is 0.0948. The van der Waals surface area contributed by atoms with Crippen molar-refractivity contribution in [3.8, 4) is 0 Å². The Morgan fingerprint density at radius 2 is 0.674 bits per heavy atom. The maximum Gasteiger partial charge on any atom is 0.251 e. The number of carbonyl (C=O) groups is 3. The van der Waals surface area contributed by atoms with Gasteiger partial charge >= 0.3 is 0 Å². The summed E-state index contributed by atoms with van der Waals surface area (Å²) >= 11 is 0. The fraction of sp³-hybridized carbons (Fsp3) is 0.154. The van der Waals surface area contributed by atoms with Crippen molar-refractivity contribution in [2.45, 2.75) is 0 Å². The molecule has 6 rings (SSSR count). The summed E-state index contributed by atoms with van der Waals surface area (Å²) in [5.74, 6) is -0.417. The molecular formula is C39H36N4O3. The minimum absolute atomic E-state index is 0.139. The highest BCUT2D eigenvalue weighted by molar-refractivity contribution is 6.00. The van der Waals surface area contributed by atoms with Crippen LogP contribution in [0.15, 0.2) is 127 Å². The zero-order chi connectivity index (χ0) is 31.7. The van der Waals surface area contributed by atoms with Gasteiger partial charge in [0, 0.05) is 56.0 Å². The molecule has 0 aliphatic carbocycles. The first-order valence-corrected chi connectivity index (χ1v) is 15.6. The monoisotopic (exact) mass is 608 g/mol. The van der Waals surface area contributed by atoms with Crippen molar-refractivity contribution in [3.05, 3.63) is 144 Å². The number of hydrogen-bond acceptors (Lipinski definition) is 4. The van der Waals surface area contributed by atoms with Crippen molar-refractivity contribution in [2.75, 3.05) is 39.3 Å². The van der Waals surface area contributed by atoms with Crippen LogP contribution < -0.4 is 16.0 Å². The van der Waals surface area contributed by atoms with E-state index in [1.165, 1.54) is 0 Å². The van der Waals surface area contributed by atoms with Crippen LogP contribution in [0.1, 0.15) is 31.1 Å². The van der Waals surface area contributed by atoms with E-state index >= 15 is 0 Å². The third kappa shape index (κ3) is 7.57. The lowest BCUT2D eigenvalue weighted by Crippen LogP contribution is -2.43. The van der Waals surface area contributed by atoms with E-state index in [1.807, 2.05) is 127 Å². The first kappa shape index (κ1) is 30.5. The first-order valence-electron chi connectivity index (χ1n) is 15.6. The number of benzene rings is 6. The van der Waals surface area contributed by atoms with Crippen LogP contribution in [0.25, 0.3) is 32.3 Å². The van der Waals surface area contributed by atoms with Crippen molar-refractivity contribution < 1.29 is 14.4 Å². The van der Waals surface area contributed by atoms with Crippen molar-refractivity contribution in [2.24, 2.45) is 0 Å². The molecule has 3 N–H and O–H groups in total. The lowest BCUT2D eigenvalue weighted by atomic mass is 10.1. The Morgan fingerprint density at radius 3 is 0.978 bits per heavy atom. The van der Waals surface area contributed by atoms with Crippen LogP contribution in [0.2, 0.25) is 0 Å². The molecule has 0 radical (unpaired) electrons. The minimum Gasteiger partial charge on any atom is -0.351 e. The highest BCUT2D eigenvalue weighted by atomic mass is 16.2. The Balaban J connectivity index is 1.05. The van der Waals surface area contributed by atoms with Crippen LogP contribution in [0, 0.1) is 0 Å². The summed E-state index contributed by atoms with van der Waals surface area (Å²) in [6.07, 6.45) is 0. The molecule has 0 aliphatic rings. The SMILES string of the molecule is O=C(NCCN(CCNC(=O)c1ccc2ccccc2c1)CCNC(=O)c1ccc2ccccc2c1)c1ccc2ccccc2c1. The van der Waals surface area contributed by atoms with Crippen LogP contribution in [0.4, 0.5) is 0 Å². The minimum atomic E-state index is -0.139. The van der Waals surface area contributed by atoms with E-state index in [0.717, 1.165) is 32.3 Å². The first-order chi connectivity index (χ1) is 22.5. The Kier molecular flexibility index (Phi) is 9.61. The Bertz CT molecular complexity index is 1790. The summed E-state index contributed by atoms with van der Waals surface area (Å²) in [5, 5.41) is 15.4. The summed E-state index contributed by atoms with van der Waals surface area (Å²) in [6, 6.07) is 40.9. The fourth-order valence-corrected chi connectivity index (χ4v) is 5.62. The summed E-state index contributed by atoms with van der Waals surface area (Å²) in [4.78, 5) is 40.9. The van der Waals surface area contributed by atoms with Gasteiger partial charge in [0.2, 0.25) is 0 Å². The second kappa shape index (κ2) is 14.5. The van der Waals surface area contributed by atoms with E-state index in [1.54, 1.807) is 0 Å². The highest BCUT2D eigenvalue weighted by Gasteiger charge is 2.12. The number of hydrogen-bond donors (Lipinski definition) is 3. The molecule has 0 aliphatic heterocycles. The van der Waals surface area contributed by atoms with E-state index in [0.29, 0.717) is 56.0 Å². The summed E-state index contributed by atoms with van der Waals surface area (Å²) in [7, 11) is 0. The van der Waals surface area contributed by atoms with Crippen LogP contribution in [0.5, 0.6) is 0 Å². The van der Waals surface area contributed by atoms with E-state index in [4.69, 9.17) is 0 Å². The average molecular weight is 609 g/mol. The molecule has 0 aromatic heterocycles. The molecule has 0 spiro atoms. The predicted molar refractivity (Wildman–Crippen MR) is 185 cm³/mol. The second-order valence-corrected chi connectivity index (χ2v) is 11.3. The van der Waals surface area contributed by atoms with Gasteiger partial charge in [0.1, 0.15) is 0 Å². The van der Waals surface area contributed by atoms with Crippen LogP contribution in [0.3, 0.4) is 0 Å². The molecule has 0 saturated heterocycles. The Hall–Kier alpha value is -5.53. The van der Waals surface area contributed by atoms with E-state index in [-0.39, 0.29) is 17.7 Å². The fourth-order valence-electron chi connectivity index (χ4n) is 5.62. The third-order valence-corrected chi connectivity index (χ3v) is 8.18. The normalized spacial score (nSPS) is 11.2. The van der Waals surface area contributed by atoms with Gasteiger partial charge in [0.05, 0.1) is 0 Å². The van der Waals surface area contributed by atoms with Crippen LogP contribution in [-0.2, 0) is 0 Å². The molecule has 230 valence electrons. The average Bonchev–Trinajstić information content (AvgIpc) is 3.10. The number of amides is 3. The topological polar surface area (TPSA) is 90.5 Å². The molecule has 46 heavy (non-hydrogen) atoms. The van der Waals surface area contributed by atoms with Gasteiger partial charge in [-0.1, -0.05) is 91.0 Å². The third-order valence-electron chi connectivity index (χ3n) is 8.18. The van der Waals surface area contributed by atoms with Gasteiger partial charge in [-0.2, -0.15) is 0 Å². The number of nitrogens with one attached hydrogen (secondary N) is 3. The summed E-state index contributed by atoms with van der Waals surface area (Å²) < 4.78 is 0. The van der Waals surface area contributed by atoms with Crippen molar-refractivity contribution >= 4 is 50.0 Å². The largest absolute Gasteiger partial charge is 0.351 e. The summed E-state index contributed by atoms with van der Waals surface area (Å²) in [5.41, 5.74) is 1.82. The van der Waals surface area contributed by atoms with Crippen LogP contribution in [-0.4, -0.2) is 61.9 Å². The van der Waals surface area contributed by atoms with Gasteiger partial charge in [-0.25, -0.2) is 0 Å². The molecule has 3 amide bonds. The van der Waals surface area contributed by atoms with Gasteiger partial charge < -0.3 is 16.0 Å². The van der Waals surface area contributed by atoms with Gasteiger partial charge in [0.15, 0.2) is 0 Å². The lowest BCUT2D eigenvalue weighted by Gasteiger charge is -2.23. The Labute approximate surface area is 268 Å². The van der Waals surface area contributed by atoms with Gasteiger partial charge in [-0.3, -0.25) is 19.3 Å². The van der Waals surface area contributed by atoms with E-state index in [9.17, 15) is 14.4 Å². The summed E-state index contributed by atoms with van der Waals surface area (Å²) in [6.45, 7) is 2.92.